The Morgan fingerprint density at radius 3 is 2.17 bits per heavy atom. The Bertz CT molecular complexity index is 861. The molecule has 0 amide bonds. The van der Waals surface area contributed by atoms with E-state index in [1.807, 2.05) is 0 Å². The average Bonchev–Trinajstić information content (AvgIpc) is 2.45. The number of hydrogen-bond acceptors (Lipinski definition) is 3. The number of halogens is 3. The Hall–Kier alpha value is -2.46. The van der Waals surface area contributed by atoms with Crippen molar-refractivity contribution in [3.8, 4) is 29.2 Å². The first-order chi connectivity index (χ1) is 10.6. The molecule has 0 atom stereocenters. The highest BCUT2D eigenvalue weighted by atomic mass is 32.2. The fourth-order valence-corrected chi connectivity index (χ4v) is 2.57. The van der Waals surface area contributed by atoms with Gasteiger partial charge in [-0.3, -0.25) is 0 Å². The molecule has 0 aliphatic heterocycles. The summed E-state index contributed by atoms with van der Waals surface area (Å²) in [5.74, 6) is 1.92. The molecule has 7 heteroatoms. The third-order valence-corrected chi connectivity index (χ3v) is 4.09. The molecule has 2 aromatic carbocycles. The predicted octanol–water partition coefficient (Wildman–Crippen LogP) is 3.64. The maximum Gasteiger partial charge on any atom is 0.573 e. The zero-order valence-corrected chi connectivity index (χ0v) is 12.7. The molecule has 2 aromatic rings. The SMILES string of the molecule is C#Cc1ccc(OC(F)(F)F)c(-c2ccc(S(C)(=O)=O)cc2)c1. The van der Waals surface area contributed by atoms with Crippen LogP contribution in [0.25, 0.3) is 11.1 Å². The van der Waals surface area contributed by atoms with Gasteiger partial charge >= 0.3 is 6.36 Å². The highest BCUT2D eigenvalue weighted by molar-refractivity contribution is 7.90. The minimum Gasteiger partial charge on any atom is -0.405 e. The number of alkyl halides is 3. The highest BCUT2D eigenvalue weighted by Crippen LogP contribution is 2.35. The van der Waals surface area contributed by atoms with Crippen molar-refractivity contribution >= 4 is 9.84 Å². The van der Waals surface area contributed by atoms with Crippen LogP contribution in [0.1, 0.15) is 5.56 Å². The first-order valence-electron chi connectivity index (χ1n) is 6.27. The van der Waals surface area contributed by atoms with E-state index < -0.39 is 21.9 Å². The normalized spacial score (nSPS) is 11.8. The number of terminal acetylenes is 1. The topological polar surface area (TPSA) is 43.4 Å². The zero-order valence-electron chi connectivity index (χ0n) is 11.9. The van der Waals surface area contributed by atoms with Crippen molar-refractivity contribution in [2.24, 2.45) is 0 Å². The van der Waals surface area contributed by atoms with Gasteiger partial charge in [0.15, 0.2) is 9.84 Å². The molecular formula is C16H11F3O3S. The summed E-state index contributed by atoms with van der Waals surface area (Å²) < 4.78 is 64.4. The second-order valence-electron chi connectivity index (χ2n) is 4.70. The smallest absolute Gasteiger partial charge is 0.405 e. The summed E-state index contributed by atoms with van der Waals surface area (Å²) in [6.45, 7) is 0. The summed E-state index contributed by atoms with van der Waals surface area (Å²) in [6.07, 6.45) is 1.46. The van der Waals surface area contributed by atoms with Crippen LogP contribution in [0.5, 0.6) is 5.75 Å². The molecule has 0 saturated heterocycles. The number of rotatable bonds is 3. The monoisotopic (exact) mass is 340 g/mol. The first-order valence-corrected chi connectivity index (χ1v) is 8.16. The van der Waals surface area contributed by atoms with Gasteiger partial charge in [0, 0.05) is 17.4 Å². The second kappa shape index (κ2) is 5.97. The first kappa shape index (κ1) is 16.9. The molecule has 120 valence electrons. The van der Waals surface area contributed by atoms with Crippen LogP contribution in [0.3, 0.4) is 0 Å². The number of hydrogen-bond donors (Lipinski definition) is 0. The Morgan fingerprint density at radius 1 is 1.09 bits per heavy atom. The molecule has 3 nitrogen and oxygen atoms in total. The van der Waals surface area contributed by atoms with E-state index in [1.54, 1.807) is 0 Å². The molecular weight excluding hydrogens is 329 g/mol. The van der Waals surface area contributed by atoms with E-state index in [0.717, 1.165) is 12.3 Å². The summed E-state index contributed by atoms with van der Waals surface area (Å²) in [5.41, 5.74) is 0.855. The van der Waals surface area contributed by atoms with Gasteiger partial charge in [0.25, 0.3) is 0 Å². The molecule has 0 N–H and O–H groups in total. The molecule has 0 radical (unpaired) electrons. The molecule has 0 heterocycles. The largest absolute Gasteiger partial charge is 0.573 e. The van der Waals surface area contributed by atoms with Crippen LogP contribution in [-0.2, 0) is 9.84 Å². The third kappa shape index (κ3) is 4.27. The molecule has 0 aliphatic carbocycles. The van der Waals surface area contributed by atoms with E-state index in [9.17, 15) is 21.6 Å². The van der Waals surface area contributed by atoms with Crippen molar-refractivity contribution in [3.63, 3.8) is 0 Å². The molecule has 0 saturated carbocycles. The summed E-state index contributed by atoms with van der Waals surface area (Å²) in [4.78, 5) is 0.0626. The van der Waals surface area contributed by atoms with Gasteiger partial charge in [-0.2, -0.15) is 0 Å². The average molecular weight is 340 g/mol. The zero-order chi connectivity index (χ0) is 17.3. The van der Waals surface area contributed by atoms with Crippen LogP contribution in [-0.4, -0.2) is 21.0 Å². The molecule has 0 bridgehead atoms. The fraction of sp³-hybridized carbons (Fsp3) is 0.125. The summed E-state index contributed by atoms with van der Waals surface area (Å²) >= 11 is 0. The van der Waals surface area contributed by atoms with Crippen LogP contribution in [0.15, 0.2) is 47.4 Å². The van der Waals surface area contributed by atoms with E-state index in [0.29, 0.717) is 11.1 Å². The second-order valence-corrected chi connectivity index (χ2v) is 6.72. The minimum atomic E-state index is -4.85. The lowest BCUT2D eigenvalue weighted by atomic mass is 10.0. The third-order valence-electron chi connectivity index (χ3n) is 2.97. The highest BCUT2D eigenvalue weighted by Gasteiger charge is 2.32. The van der Waals surface area contributed by atoms with Crippen molar-refractivity contribution in [1.29, 1.82) is 0 Å². The maximum absolute atomic E-state index is 12.5. The minimum absolute atomic E-state index is 0.0626. The van der Waals surface area contributed by atoms with E-state index in [-0.39, 0.29) is 10.5 Å². The Morgan fingerprint density at radius 2 is 1.70 bits per heavy atom. The summed E-state index contributed by atoms with van der Waals surface area (Å²) in [7, 11) is -3.40. The Kier molecular flexibility index (Phi) is 4.39. The van der Waals surface area contributed by atoms with Crippen molar-refractivity contribution in [2.45, 2.75) is 11.3 Å². The predicted molar refractivity (Wildman–Crippen MR) is 79.6 cm³/mol. The standard InChI is InChI=1S/C16H11F3O3S/c1-3-11-4-9-15(22-16(17,18)19)14(10-11)12-5-7-13(8-6-12)23(2,20)21/h1,4-10H,2H3. The van der Waals surface area contributed by atoms with Crippen LogP contribution in [0.2, 0.25) is 0 Å². The van der Waals surface area contributed by atoms with Crippen molar-refractivity contribution < 1.29 is 26.3 Å². The van der Waals surface area contributed by atoms with Gasteiger partial charge in [-0.25, -0.2) is 8.42 Å². The van der Waals surface area contributed by atoms with Crippen molar-refractivity contribution in [1.82, 2.24) is 0 Å². The van der Waals surface area contributed by atoms with Gasteiger partial charge in [0.1, 0.15) is 5.75 Å². The molecule has 23 heavy (non-hydrogen) atoms. The number of sulfone groups is 1. The molecule has 0 unspecified atom stereocenters. The van der Waals surface area contributed by atoms with Gasteiger partial charge in [-0.05, 0) is 35.9 Å². The van der Waals surface area contributed by atoms with E-state index in [1.165, 1.54) is 36.4 Å². The van der Waals surface area contributed by atoms with E-state index >= 15 is 0 Å². The molecule has 0 spiro atoms. The molecule has 0 aliphatic rings. The van der Waals surface area contributed by atoms with E-state index in [2.05, 4.69) is 10.7 Å². The van der Waals surface area contributed by atoms with Gasteiger partial charge in [0.05, 0.1) is 4.90 Å². The molecule has 0 fully saturated rings. The quantitative estimate of drug-likeness (QED) is 0.801. The Balaban J connectivity index is 2.54. The molecule has 0 aromatic heterocycles. The lowest BCUT2D eigenvalue weighted by Crippen LogP contribution is -2.17. The maximum atomic E-state index is 12.5. The Labute approximate surface area is 131 Å². The van der Waals surface area contributed by atoms with E-state index in [4.69, 9.17) is 6.42 Å². The lowest BCUT2D eigenvalue weighted by Gasteiger charge is -2.14. The number of ether oxygens (including phenoxy) is 1. The van der Waals surface area contributed by atoms with Crippen molar-refractivity contribution in [2.75, 3.05) is 6.26 Å². The molecule has 2 rings (SSSR count). The van der Waals surface area contributed by atoms with Crippen LogP contribution in [0.4, 0.5) is 13.2 Å². The van der Waals surface area contributed by atoms with Gasteiger partial charge < -0.3 is 4.74 Å². The van der Waals surface area contributed by atoms with Crippen molar-refractivity contribution in [3.05, 3.63) is 48.0 Å². The van der Waals surface area contributed by atoms with Crippen LogP contribution >= 0.6 is 0 Å². The van der Waals surface area contributed by atoms with Gasteiger partial charge in [0.2, 0.25) is 0 Å². The lowest BCUT2D eigenvalue weighted by molar-refractivity contribution is -0.274. The number of benzene rings is 2. The van der Waals surface area contributed by atoms with Gasteiger partial charge in [-0.1, -0.05) is 18.1 Å². The van der Waals surface area contributed by atoms with Gasteiger partial charge in [-0.15, -0.1) is 19.6 Å². The summed E-state index contributed by atoms with van der Waals surface area (Å²) in [6, 6.07) is 9.24. The van der Waals surface area contributed by atoms with Crippen LogP contribution < -0.4 is 4.74 Å². The fourth-order valence-electron chi connectivity index (χ4n) is 1.94. The van der Waals surface area contributed by atoms with Crippen LogP contribution in [0, 0.1) is 12.3 Å². The summed E-state index contributed by atoms with van der Waals surface area (Å²) in [5, 5.41) is 0.